The third-order valence-electron chi connectivity index (χ3n) is 4.00. The lowest BCUT2D eigenvalue weighted by atomic mass is 10.1. The van der Waals surface area contributed by atoms with Gasteiger partial charge in [-0.3, -0.25) is 0 Å². The Bertz CT molecular complexity index is 1090. The van der Waals surface area contributed by atoms with Crippen LogP contribution in [0, 0.1) is 6.92 Å². The number of hydrogen-bond donors (Lipinski definition) is 0. The van der Waals surface area contributed by atoms with Gasteiger partial charge in [-0.25, -0.2) is 15.0 Å². The lowest BCUT2D eigenvalue weighted by Crippen LogP contribution is -1.96. The average molecular weight is 366 g/mol. The molecule has 25 heavy (non-hydrogen) atoms. The van der Waals surface area contributed by atoms with Crippen LogP contribution in [0.15, 0.2) is 60.8 Å². The second-order valence-corrected chi connectivity index (χ2v) is 6.58. The summed E-state index contributed by atoms with van der Waals surface area (Å²) >= 11 is 12.4. The molecular formula is C20H13Cl2N3. The summed E-state index contributed by atoms with van der Waals surface area (Å²) in [5.41, 5.74) is 4.26. The second-order valence-electron chi connectivity index (χ2n) is 5.74. The third-order valence-corrected chi connectivity index (χ3v) is 4.55. The van der Waals surface area contributed by atoms with Gasteiger partial charge in [0.25, 0.3) is 0 Å². The Hall–Kier alpha value is -2.49. The maximum Gasteiger partial charge on any atom is 0.178 e. The zero-order valence-corrected chi connectivity index (χ0v) is 14.9. The van der Waals surface area contributed by atoms with Crippen molar-refractivity contribution in [2.75, 3.05) is 0 Å². The molecule has 2 aromatic heterocycles. The van der Waals surface area contributed by atoms with Crippen molar-refractivity contribution in [1.29, 1.82) is 0 Å². The molecule has 0 spiro atoms. The van der Waals surface area contributed by atoms with E-state index in [0.29, 0.717) is 21.6 Å². The van der Waals surface area contributed by atoms with Crippen molar-refractivity contribution in [3.05, 3.63) is 76.4 Å². The molecule has 4 aromatic rings. The lowest BCUT2D eigenvalue weighted by Gasteiger charge is -2.10. The van der Waals surface area contributed by atoms with E-state index >= 15 is 0 Å². The van der Waals surface area contributed by atoms with Gasteiger partial charge in [0, 0.05) is 22.2 Å². The predicted octanol–water partition coefficient (Wildman–Crippen LogP) is 5.97. The summed E-state index contributed by atoms with van der Waals surface area (Å²) in [4.78, 5) is 13.8. The highest BCUT2D eigenvalue weighted by molar-refractivity contribution is 6.36. The van der Waals surface area contributed by atoms with Gasteiger partial charge in [-0.15, -0.1) is 0 Å². The zero-order chi connectivity index (χ0) is 17.4. The molecule has 122 valence electrons. The van der Waals surface area contributed by atoms with Crippen molar-refractivity contribution in [2.45, 2.75) is 6.92 Å². The monoisotopic (exact) mass is 365 g/mol. The molecule has 0 radical (unpaired) electrons. The number of fused-ring (bicyclic) bond motifs is 1. The highest BCUT2D eigenvalue weighted by Gasteiger charge is 2.12. The van der Waals surface area contributed by atoms with Crippen LogP contribution in [0.3, 0.4) is 0 Å². The molecule has 0 unspecified atom stereocenters. The maximum atomic E-state index is 6.36. The number of halogens is 2. The number of rotatable bonds is 2. The topological polar surface area (TPSA) is 38.7 Å². The largest absolute Gasteiger partial charge is 0.244 e. The Morgan fingerprint density at radius 3 is 2.56 bits per heavy atom. The van der Waals surface area contributed by atoms with Crippen molar-refractivity contribution >= 4 is 34.1 Å². The minimum atomic E-state index is 0.569. The van der Waals surface area contributed by atoms with Crippen LogP contribution < -0.4 is 0 Å². The summed E-state index contributed by atoms with van der Waals surface area (Å²) in [7, 11) is 0. The number of aryl methyl sites for hydroxylation is 1. The van der Waals surface area contributed by atoms with Crippen molar-refractivity contribution in [3.63, 3.8) is 0 Å². The van der Waals surface area contributed by atoms with E-state index in [1.54, 1.807) is 6.07 Å². The summed E-state index contributed by atoms with van der Waals surface area (Å²) in [6.07, 6.45) is 1.81. The minimum absolute atomic E-state index is 0.569. The molecular weight excluding hydrogens is 353 g/mol. The molecule has 0 aliphatic heterocycles. The molecule has 0 aliphatic carbocycles. The Balaban J connectivity index is 1.86. The van der Waals surface area contributed by atoms with Crippen LogP contribution in [-0.2, 0) is 0 Å². The van der Waals surface area contributed by atoms with Crippen LogP contribution in [0.4, 0.5) is 0 Å². The Morgan fingerprint density at radius 1 is 0.880 bits per heavy atom. The van der Waals surface area contributed by atoms with Gasteiger partial charge in [0.15, 0.2) is 5.82 Å². The predicted molar refractivity (Wildman–Crippen MR) is 103 cm³/mol. The smallest absolute Gasteiger partial charge is 0.178 e. The maximum absolute atomic E-state index is 6.36. The molecule has 0 amide bonds. The van der Waals surface area contributed by atoms with E-state index in [4.69, 9.17) is 28.2 Å². The molecule has 0 saturated carbocycles. The van der Waals surface area contributed by atoms with E-state index < -0.39 is 0 Å². The van der Waals surface area contributed by atoms with Gasteiger partial charge >= 0.3 is 0 Å². The highest BCUT2D eigenvalue weighted by atomic mass is 35.5. The number of aromatic nitrogens is 3. The summed E-state index contributed by atoms with van der Waals surface area (Å²) in [5.74, 6) is 0.588. The van der Waals surface area contributed by atoms with E-state index in [1.807, 2.05) is 61.7 Å². The average Bonchev–Trinajstić information content (AvgIpc) is 2.62. The van der Waals surface area contributed by atoms with E-state index in [1.165, 1.54) is 0 Å². The van der Waals surface area contributed by atoms with Crippen LogP contribution in [0.2, 0.25) is 10.0 Å². The summed E-state index contributed by atoms with van der Waals surface area (Å²) < 4.78 is 0. The van der Waals surface area contributed by atoms with Gasteiger partial charge in [-0.2, -0.15) is 0 Å². The first-order chi connectivity index (χ1) is 12.1. The van der Waals surface area contributed by atoms with Crippen LogP contribution >= 0.6 is 23.2 Å². The first kappa shape index (κ1) is 16.0. The fraction of sp³-hybridized carbons (Fsp3) is 0.0500. The molecule has 0 saturated heterocycles. The zero-order valence-electron chi connectivity index (χ0n) is 13.4. The summed E-state index contributed by atoms with van der Waals surface area (Å²) in [6, 6.07) is 17.2. The Kier molecular flexibility index (Phi) is 4.12. The van der Waals surface area contributed by atoms with E-state index in [0.717, 1.165) is 27.7 Å². The molecule has 0 N–H and O–H groups in total. The van der Waals surface area contributed by atoms with Crippen LogP contribution in [-0.4, -0.2) is 15.0 Å². The van der Waals surface area contributed by atoms with Crippen molar-refractivity contribution in [2.24, 2.45) is 0 Å². The molecule has 0 aliphatic rings. The fourth-order valence-electron chi connectivity index (χ4n) is 2.70. The first-order valence-corrected chi connectivity index (χ1v) is 8.52. The SMILES string of the molecule is Cc1ccc(-c2ncc3ccccc3n2)nc1-c1ccc(Cl)cc1Cl. The van der Waals surface area contributed by atoms with E-state index in [-0.39, 0.29) is 0 Å². The first-order valence-electron chi connectivity index (χ1n) is 7.77. The quantitative estimate of drug-likeness (QED) is 0.438. The number of benzene rings is 2. The molecule has 2 heterocycles. The molecule has 2 aromatic carbocycles. The highest BCUT2D eigenvalue weighted by Crippen LogP contribution is 2.32. The summed E-state index contributed by atoms with van der Waals surface area (Å²) in [5, 5.41) is 2.17. The molecule has 0 bridgehead atoms. The normalized spacial score (nSPS) is 11.0. The number of nitrogens with zero attached hydrogens (tertiary/aromatic N) is 3. The molecule has 3 nitrogen and oxygen atoms in total. The van der Waals surface area contributed by atoms with Crippen LogP contribution in [0.1, 0.15) is 5.56 Å². The van der Waals surface area contributed by atoms with Gasteiger partial charge in [0.05, 0.1) is 16.2 Å². The van der Waals surface area contributed by atoms with Gasteiger partial charge in [0.1, 0.15) is 5.69 Å². The molecule has 0 fully saturated rings. The molecule has 5 heteroatoms. The van der Waals surface area contributed by atoms with Gasteiger partial charge in [0.2, 0.25) is 0 Å². The van der Waals surface area contributed by atoms with Crippen LogP contribution in [0.25, 0.3) is 33.7 Å². The second kappa shape index (κ2) is 6.43. The van der Waals surface area contributed by atoms with Gasteiger partial charge in [-0.1, -0.05) is 47.5 Å². The Labute approximate surface area is 155 Å². The summed E-state index contributed by atoms with van der Waals surface area (Å²) in [6.45, 7) is 2.00. The minimum Gasteiger partial charge on any atom is -0.244 e. The van der Waals surface area contributed by atoms with E-state index in [2.05, 4.69) is 9.97 Å². The van der Waals surface area contributed by atoms with E-state index in [9.17, 15) is 0 Å². The fourth-order valence-corrected chi connectivity index (χ4v) is 3.20. The Morgan fingerprint density at radius 2 is 1.72 bits per heavy atom. The molecule has 0 atom stereocenters. The van der Waals surface area contributed by atoms with Crippen molar-refractivity contribution in [3.8, 4) is 22.8 Å². The lowest BCUT2D eigenvalue weighted by molar-refractivity contribution is 1.17. The van der Waals surface area contributed by atoms with Crippen molar-refractivity contribution < 1.29 is 0 Å². The standard InChI is InChI=1S/C20H13Cl2N3/c1-12-6-9-18(20-23-11-13-4-2-3-5-17(13)25-20)24-19(12)15-8-7-14(21)10-16(15)22/h2-11H,1H3. The van der Waals surface area contributed by atoms with Gasteiger partial charge < -0.3 is 0 Å². The molecule has 4 rings (SSSR count). The van der Waals surface area contributed by atoms with Crippen molar-refractivity contribution in [1.82, 2.24) is 15.0 Å². The third kappa shape index (κ3) is 3.09. The number of para-hydroxylation sites is 1. The van der Waals surface area contributed by atoms with Gasteiger partial charge in [-0.05, 0) is 42.8 Å². The number of hydrogen-bond acceptors (Lipinski definition) is 3. The number of pyridine rings is 1. The van der Waals surface area contributed by atoms with Crippen LogP contribution in [0.5, 0.6) is 0 Å².